The topological polar surface area (TPSA) is 38.9 Å². The van der Waals surface area contributed by atoms with Crippen molar-refractivity contribution < 1.29 is 0 Å². The minimum atomic E-state index is 0.0401. The van der Waals surface area contributed by atoms with Crippen LogP contribution < -0.4 is 5.73 Å². The van der Waals surface area contributed by atoms with Gasteiger partial charge in [0.15, 0.2) is 0 Å². The molecule has 3 rings (SSSR count). The Morgan fingerprint density at radius 3 is 2.60 bits per heavy atom. The quantitative estimate of drug-likeness (QED) is 0.701. The molecule has 2 heteroatoms. The van der Waals surface area contributed by atoms with Crippen LogP contribution in [-0.4, -0.2) is 4.98 Å². The van der Waals surface area contributed by atoms with Crippen molar-refractivity contribution in [2.75, 3.05) is 0 Å². The Hall–Kier alpha value is -1.93. The largest absolute Gasteiger partial charge is 0.323 e. The highest BCUT2D eigenvalue weighted by Gasteiger charge is 2.09. The van der Waals surface area contributed by atoms with Crippen molar-refractivity contribution in [3.63, 3.8) is 0 Å². The van der Waals surface area contributed by atoms with Crippen molar-refractivity contribution in [3.8, 4) is 0 Å². The van der Waals surface area contributed by atoms with Gasteiger partial charge in [-0.1, -0.05) is 62.2 Å². The molecule has 0 aliphatic heterocycles. The predicted molar refractivity (Wildman–Crippen MR) is 85.7 cm³/mol. The zero-order chi connectivity index (χ0) is 13.9. The molecule has 0 bridgehead atoms. The molecule has 0 amide bonds. The van der Waals surface area contributed by atoms with E-state index in [0.29, 0.717) is 0 Å². The van der Waals surface area contributed by atoms with Crippen molar-refractivity contribution in [2.24, 2.45) is 5.73 Å². The van der Waals surface area contributed by atoms with Gasteiger partial charge in [0.25, 0.3) is 0 Å². The third-order valence-corrected chi connectivity index (χ3v) is 3.85. The first-order valence-electron chi connectivity index (χ1n) is 7.33. The lowest BCUT2D eigenvalue weighted by atomic mass is 10.0. The van der Waals surface area contributed by atoms with Gasteiger partial charge in [0.2, 0.25) is 0 Å². The number of benzene rings is 2. The molecule has 0 saturated heterocycles. The highest BCUT2D eigenvalue weighted by Crippen LogP contribution is 2.25. The summed E-state index contributed by atoms with van der Waals surface area (Å²) in [4.78, 5) is 4.83. The van der Waals surface area contributed by atoms with Gasteiger partial charge in [0, 0.05) is 16.8 Å². The van der Waals surface area contributed by atoms with Gasteiger partial charge in [-0.15, -0.1) is 0 Å². The smallest absolute Gasteiger partial charge is 0.0784 e. The minimum Gasteiger partial charge on any atom is -0.323 e. The monoisotopic (exact) mass is 264 g/mol. The summed E-state index contributed by atoms with van der Waals surface area (Å²) in [5.74, 6) is 0. The molecule has 1 heterocycles. The van der Waals surface area contributed by atoms with Crippen molar-refractivity contribution in [1.29, 1.82) is 0 Å². The van der Waals surface area contributed by atoms with Crippen LogP contribution in [-0.2, 0) is 0 Å². The number of aromatic nitrogens is 1. The second-order valence-electron chi connectivity index (χ2n) is 5.34. The van der Waals surface area contributed by atoms with E-state index in [1.54, 1.807) is 0 Å². The molecule has 20 heavy (non-hydrogen) atoms. The van der Waals surface area contributed by atoms with Gasteiger partial charge >= 0.3 is 0 Å². The second kappa shape index (κ2) is 5.59. The van der Waals surface area contributed by atoms with E-state index in [1.165, 1.54) is 22.6 Å². The van der Waals surface area contributed by atoms with Crippen molar-refractivity contribution in [3.05, 3.63) is 54.2 Å². The molecular formula is C18H20N2. The Morgan fingerprint density at radius 2 is 1.75 bits per heavy atom. The molecule has 102 valence electrons. The Labute approximate surface area is 119 Å². The number of pyridine rings is 1. The Bertz CT molecular complexity index is 734. The molecule has 1 aromatic heterocycles. The zero-order valence-corrected chi connectivity index (χ0v) is 11.8. The molecule has 0 aliphatic rings. The maximum absolute atomic E-state index is 6.25. The summed E-state index contributed by atoms with van der Waals surface area (Å²) in [6, 6.07) is 16.9. The SMILES string of the molecule is CCCCC(N)c1ccc2ccc3ccccc3c2n1. The van der Waals surface area contributed by atoms with Gasteiger partial charge in [-0.3, -0.25) is 4.98 Å². The van der Waals surface area contributed by atoms with Gasteiger partial charge in [0.1, 0.15) is 0 Å². The van der Waals surface area contributed by atoms with Crippen molar-refractivity contribution in [1.82, 2.24) is 4.98 Å². The van der Waals surface area contributed by atoms with Crippen LogP contribution in [0.1, 0.15) is 37.9 Å². The molecule has 2 nitrogen and oxygen atoms in total. The van der Waals surface area contributed by atoms with Crippen LogP contribution in [0, 0.1) is 0 Å². The van der Waals surface area contributed by atoms with E-state index in [9.17, 15) is 0 Å². The molecule has 0 fully saturated rings. The Kier molecular flexibility index (Phi) is 3.66. The number of nitrogens with two attached hydrogens (primary N) is 1. The van der Waals surface area contributed by atoms with Gasteiger partial charge in [-0.2, -0.15) is 0 Å². The standard InChI is InChI=1S/C18H20N2/c1-2-3-8-16(19)17-12-11-14-10-9-13-6-4-5-7-15(13)18(14)20-17/h4-7,9-12,16H,2-3,8,19H2,1H3. The average molecular weight is 264 g/mol. The average Bonchev–Trinajstić information content (AvgIpc) is 2.52. The summed E-state index contributed by atoms with van der Waals surface area (Å²) in [7, 11) is 0. The number of hydrogen-bond acceptors (Lipinski definition) is 2. The molecule has 1 unspecified atom stereocenters. The number of rotatable bonds is 4. The fraction of sp³-hybridized carbons (Fsp3) is 0.278. The summed E-state index contributed by atoms with van der Waals surface area (Å²) >= 11 is 0. The van der Waals surface area contributed by atoms with Crippen LogP contribution >= 0.6 is 0 Å². The lowest BCUT2D eigenvalue weighted by Crippen LogP contribution is -2.11. The third kappa shape index (κ3) is 2.39. The van der Waals surface area contributed by atoms with Gasteiger partial charge in [0.05, 0.1) is 11.2 Å². The van der Waals surface area contributed by atoms with E-state index in [-0.39, 0.29) is 6.04 Å². The van der Waals surface area contributed by atoms with Gasteiger partial charge < -0.3 is 5.73 Å². The molecule has 0 aliphatic carbocycles. The molecule has 0 radical (unpaired) electrons. The first-order valence-corrected chi connectivity index (χ1v) is 7.33. The highest BCUT2D eigenvalue weighted by molar-refractivity contribution is 6.05. The summed E-state index contributed by atoms with van der Waals surface area (Å²) in [5.41, 5.74) is 8.32. The lowest BCUT2D eigenvalue weighted by molar-refractivity contribution is 0.592. The number of nitrogens with zero attached hydrogens (tertiary/aromatic N) is 1. The molecule has 2 N–H and O–H groups in total. The molecule has 0 spiro atoms. The molecule has 3 aromatic rings. The summed E-state index contributed by atoms with van der Waals surface area (Å²) in [6.07, 6.45) is 3.32. The van der Waals surface area contributed by atoms with E-state index >= 15 is 0 Å². The minimum absolute atomic E-state index is 0.0401. The lowest BCUT2D eigenvalue weighted by Gasteiger charge is -2.12. The predicted octanol–water partition coefficient (Wildman–Crippen LogP) is 4.58. The van der Waals surface area contributed by atoms with E-state index in [4.69, 9.17) is 10.7 Å². The van der Waals surface area contributed by atoms with Crippen LogP contribution in [0.2, 0.25) is 0 Å². The Morgan fingerprint density at radius 1 is 1.00 bits per heavy atom. The summed E-state index contributed by atoms with van der Waals surface area (Å²) < 4.78 is 0. The fourth-order valence-corrected chi connectivity index (χ4v) is 2.65. The van der Waals surface area contributed by atoms with E-state index in [1.807, 2.05) is 0 Å². The van der Waals surface area contributed by atoms with E-state index in [0.717, 1.165) is 24.1 Å². The van der Waals surface area contributed by atoms with E-state index in [2.05, 4.69) is 55.5 Å². The molecule has 2 aromatic carbocycles. The maximum Gasteiger partial charge on any atom is 0.0784 e. The first kappa shape index (κ1) is 13.1. The van der Waals surface area contributed by atoms with Gasteiger partial charge in [-0.25, -0.2) is 0 Å². The number of unbranched alkanes of at least 4 members (excludes halogenated alkanes) is 1. The normalized spacial score (nSPS) is 12.9. The molecular weight excluding hydrogens is 244 g/mol. The highest BCUT2D eigenvalue weighted by atomic mass is 14.8. The summed E-state index contributed by atoms with van der Waals surface area (Å²) in [6.45, 7) is 2.19. The summed E-state index contributed by atoms with van der Waals surface area (Å²) in [5, 5.41) is 3.61. The fourth-order valence-electron chi connectivity index (χ4n) is 2.65. The van der Waals surface area contributed by atoms with Crippen LogP contribution in [0.15, 0.2) is 48.5 Å². The molecule has 1 atom stereocenters. The van der Waals surface area contributed by atoms with Gasteiger partial charge in [-0.05, 0) is 17.9 Å². The van der Waals surface area contributed by atoms with Crippen LogP contribution in [0.5, 0.6) is 0 Å². The van der Waals surface area contributed by atoms with E-state index < -0.39 is 0 Å². The number of fused-ring (bicyclic) bond motifs is 3. The number of hydrogen-bond donors (Lipinski definition) is 1. The third-order valence-electron chi connectivity index (χ3n) is 3.85. The Balaban J connectivity index is 2.11. The zero-order valence-electron chi connectivity index (χ0n) is 11.8. The first-order chi connectivity index (χ1) is 9.79. The van der Waals surface area contributed by atoms with Crippen LogP contribution in [0.4, 0.5) is 0 Å². The van der Waals surface area contributed by atoms with Crippen LogP contribution in [0.3, 0.4) is 0 Å². The van der Waals surface area contributed by atoms with Crippen molar-refractivity contribution in [2.45, 2.75) is 32.2 Å². The second-order valence-corrected chi connectivity index (χ2v) is 5.34. The maximum atomic E-state index is 6.25. The van der Waals surface area contributed by atoms with Crippen molar-refractivity contribution >= 4 is 21.7 Å². The van der Waals surface area contributed by atoms with Crippen LogP contribution in [0.25, 0.3) is 21.7 Å². The molecule has 0 saturated carbocycles.